The summed E-state index contributed by atoms with van der Waals surface area (Å²) in [5.41, 5.74) is 3.75. The number of ether oxygens (including phenoxy) is 1. The van der Waals surface area contributed by atoms with Crippen molar-refractivity contribution in [3.63, 3.8) is 0 Å². The zero-order valence-corrected chi connectivity index (χ0v) is 16.9. The fraction of sp³-hybridized carbons (Fsp3) is 0.381. The van der Waals surface area contributed by atoms with Crippen molar-refractivity contribution in [1.82, 2.24) is 20.3 Å². The molecule has 3 heterocycles. The summed E-state index contributed by atoms with van der Waals surface area (Å²) in [6.45, 7) is 6.92. The van der Waals surface area contributed by atoms with Crippen LogP contribution < -0.4 is 10.6 Å². The third kappa shape index (κ3) is 3.88. The van der Waals surface area contributed by atoms with Crippen molar-refractivity contribution in [3.05, 3.63) is 59.2 Å². The van der Waals surface area contributed by atoms with Crippen LogP contribution in [-0.2, 0) is 10.3 Å². The first-order chi connectivity index (χ1) is 14.0. The van der Waals surface area contributed by atoms with Gasteiger partial charge in [0.25, 0.3) is 0 Å². The molecule has 8 heteroatoms. The van der Waals surface area contributed by atoms with Crippen LogP contribution in [0.1, 0.15) is 35.6 Å². The smallest absolute Gasteiger partial charge is 0.320 e. The lowest BCUT2D eigenvalue weighted by Crippen LogP contribution is -2.50. The van der Waals surface area contributed by atoms with Crippen LogP contribution >= 0.6 is 0 Å². The molecule has 1 fully saturated rings. The van der Waals surface area contributed by atoms with E-state index in [1.807, 2.05) is 55.8 Å². The number of nitrogens with one attached hydrogen (secondary N) is 2. The SMILES string of the molecule is Cc1cccc(-n2ncc(NC(=O)NC3(c4cc(C)no4)CCOCC3)c2C)c1. The number of benzene rings is 1. The van der Waals surface area contributed by atoms with E-state index < -0.39 is 5.54 Å². The van der Waals surface area contributed by atoms with Gasteiger partial charge in [-0.25, -0.2) is 9.48 Å². The summed E-state index contributed by atoms with van der Waals surface area (Å²) in [6.07, 6.45) is 2.90. The Morgan fingerprint density at radius 2 is 1.97 bits per heavy atom. The van der Waals surface area contributed by atoms with Gasteiger partial charge in [0.1, 0.15) is 5.54 Å². The Bertz CT molecular complexity index is 1020. The Morgan fingerprint density at radius 1 is 1.17 bits per heavy atom. The maximum atomic E-state index is 12.9. The van der Waals surface area contributed by atoms with Crippen LogP contribution in [0.5, 0.6) is 0 Å². The molecule has 0 atom stereocenters. The number of anilines is 1. The molecule has 2 amide bonds. The van der Waals surface area contributed by atoms with E-state index in [9.17, 15) is 4.79 Å². The molecule has 1 aliphatic heterocycles. The standard InChI is InChI=1S/C21H25N5O3/c1-14-5-4-6-17(11-14)26-16(3)18(13-22-26)23-20(27)24-21(7-9-28-10-8-21)19-12-15(2)25-29-19/h4-6,11-13H,7-10H2,1-3H3,(H2,23,24,27). The molecule has 4 rings (SSSR count). The Hall–Kier alpha value is -3.13. The number of aryl methyl sites for hydroxylation is 2. The monoisotopic (exact) mass is 395 g/mol. The van der Waals surface area contributed by atoms with E-state index in [4.69, 9.17) is 9.26 Å². The quantitative estimate of drug-likeness (QED) is 0.704. The highest BCUT2D eigenvalue weighted by atomic mass is 16.5. The number of hydrogen-bond donors (Lipinski definition) is 2. The molecule has 2 N–H and O–H groups in total. The van der Waals surface area contributed by atoms with Crippen LogP contribution in [0.25, 0.3) is 5.69 Å². The first-order valence-corrected chi connectivity index (χ1v) is 9.69. The van der Waals surface area contributed by atoms with Crippen LogP contribution in [0.4, 0.5) is 10.5 Å². The molecule has 1 aromatic carbocycles. The lowest BCUT2D eigenvalue weighted by molar-refractivity contribution is 0.0307. The number of carbonyl (C=O) groups excluding carboxylic acids is 1. The molecule has 1 saturated heterocycles. The number of nitrogens with zero attached hydrogens (tertiary/aromatic N) is 3. The van der Waals surface area contributed by atoms with Gasteiger partial charge in [-0.05, 0) is 38.5 Å². The third-order valence-electron chi connectivity index (χ3n) is 5.30. The van der Waals surface area contributed by atoms with E-state index in [-0.39, 0.29) is 6.03 Å². The van der Waals surface area contributed by atoms with E-state index in [1.54, 1.807) is 6.20 Å². The highest BCUT2D eigenvalue weighted by Crippen LogP contribution is 2.33. The summed E-state index contributed by atoms with van der Waals surface area (Å²) >= 11 is 0. The van der Waals surface area contributed by atoms with Crippen LogP contribution in [0.15, 0.2) is 41.1 Å². The average molecular weight is 395 g/mol. The number of urea groups is 1. The Labute approximate surface area is 169 Å². The first-order valence-electron chi connectivity index (χ1n) is 9.69. The van der Waals surface area contributed by atoms with Crippen molar-refractivity contribution < 1.29 is 14.1 Å². The van der Waals surface area contributed by atoms with Gasteiger partial charge in [-0.1, -0.05) is 17.3 Å². The van der Waals surface area contributed by atoms with Gasteiger partial charge in [0.15, 0.2) is 5.76 Å². The second kappa shape index (κ2) is 7.71. The van der Waals surface area contributed by atoms with Gasteiger partial charge in [-0.15, -0.1) is 0 Å². The van der Waals surface area contributed by atoms with Crippen molar-refractivity contribution in [1.29, 1.82) is 0 Å². The maximum absolute atomic E-state index is 12.9. The largest absolute Gasteiger partial charge is 0.381 e. The molecule has 3 aromatic rings. The minimum atomic E-state index is -0.635. The van der Waals surface area contributed by atoms with Crippen LogP contribution in [0.3, 0.4) is 0 Å². The Kier molecular flexibility index (Phi) is 5.10. The summed E-state index contributed by atoms with van der Waals surface area (Å²) in [5, 5.41) is 14.4. The summed E-state index contributed by atoms with van der Waals surface area (Å²) in [5.74, 6) is 0.653. The zero-order chi connectivity index (χ0) is 20.4. The van der Waals surface area contributed by atoms with Gasteiger partial charge in [0.2, 0.25) is 0 Å². The highest BCUT2D eigenvalue weighted by molar-refractivity contribution is 5.90. The molecule has 0 radical (unpaired) electrons. The Morgan fingerprint density at radius 3 is 2.66 bits per heavy atom. The topological polar surface area (TPSA) is 94.2 Å². The van der Waals surface area contributed by atoms with Crippen LogP contribution in [-0.4, -0.2) is 34.2 Å². The molecule has 8 nitrogen and oxygen atoms in total. The van der Waals surface area contributed by atoms with E-state index in [0.29, 0.717) is 37.5 Å². The summed E-state index contributed by atoms with van der Waals surface area (Å²) in [6, 6.07) is 9.61. The molecule has 0 aliphatic carbocycles. The fourth-order valence-electron chi connectivity index (χ4n) is 3.67. The number of carbonyl (C=O) groups is 1. The molecule has 152 valence electrons. The molecular weight excluding hydrogens is 370 g/mol. The van der Waals surface area contributed by atoms with Crippen molar-refractivity contribution in [2.75, 3.05) is 18.5 Å². The van der Waals surface area contributed by atoms with E-state index in [2.05, 4.69) is 20.9 Å². The van der Waals surface area contributed by atoms with Crippen molar-refractivity contribution in [2.24, 2.45) is 0 Å². The average Bonchev–Trinajstić information content (AvgIpc) is 3.29. The van der Waals surface area contributed by atoms with Gasteiger partial charge in [-0.3, -0.25) is 0 Å². The van der Waals surface area contributed by atoms with Gasteiger partial charge < -0.3 is 19.9 Å². The van der Waals surface area contributed by atoms with Gasteiger partial charge in [-0.2, -0.15) is 5.10 Å². The molecule has 0 saturated carbocycles. The lowest BCUT2D eigenvalue weighted by Gasteiger charge is -2.35. The van der Waals surface area contributed by atoms with E-state index in [1.165, 1.54) is 0 Å². The molecule has 2 aromatic heterocycles. The predicted octanol–water partition coefficient (Wildman–Crippen LogP) is 3.61. The summed E-state index contributed by atoms with van der Waals surface area (Å²) in [4.78, 5) is 12.9. The maximum Gasteiger partial charge on any atom is 0.320 e. The molecule has 0 bridgehead atoms. The normalized spacial score (nSPS) is 15.8. The van der Waals surface area contributed by atoms with Gasteiger partial charge in [0.05, 0.1) is 29.0 Å². The predicted molar refractivity (Wildman–Crippen MR) is 108 cm³/mol. The second-order valence-electron chi connectivity index (χ2n) is 7.50. The third-order valence-corrected chi connectivity index (χ3v) is 5.30. The minimum Gasteiger partial charge on any atom is -0.381 e. The molecule has 1 aliphatic rings. The number of rotatable bonds is 4. The van der Waals surface area contributed by atoms with Crippen molar-refractivity contribution in [3.8, 4) is 5.69 Å². The number of hydrogen-bond acceptors (Lipinski definition) is 5. The molecule has 0 unspecified atom stereocenters. The van der Waals surface area contributed by atoms with Gasteiger partial charge >= 0.3 is 6.03 Å². The second-order valence-corrected chi connectivity index (χ2v) is 7.50. The van der Waals surface area contributed by atoms with Gasteiger partial charge in [0, 0.05) is 32.1 Å². The number of amides is 2. The van der Waals surface area contributed by atoms with Crippen molar-refractivity contribution >= 4 is 11.7 Å². The van der Waals surface area contributed by atoms with Crippen molar-refractivity contribution in [2.45, 2.75) is 39.2 Å². The molecule has 29 heavy (non-hydrogen) atoms. The highest BCUT2D eigenvalue weighted by Gasteiger charge is 2.39. The number of aromatic nitrogens is 3. The Balaban J connectivity index is 1.53. The lowest BCUT2D eigenvalue weighted by atomic mass is 9.87. The van der Waals surface area contributed by atoms with Crippen LogP contribution in [0, 0.1) is 20.8 Å². The summed E-state index contributed by atoms with van der Waals surface area (Å²) in [7, 11) is 0. The molecular formula is C21H25N5O3. The van der Waals surface area contributed by atoms with Crippen LogP contribution in [0.2, 0.25) is 0 Å². The summed E-state index contributed by atoms with van der Waals surface area (Å²) < 4.78 is 12.8. The first kappa shape index (κ1) is 19.2. The van der Waals surface area contributed by atoms with E-state index in [0.717, 1.165) is 22.6 Å². The molecule has 0 spiro atoms. The van der Waals surface area contributed by atoms with E-state index >= 15 is 0 Å². The fourth-order valence-corrected chi connectivity index (χ4v) is 3.67. The minimum absolute atomic E-state index is 0.312. The zero-order valence-electron chi connectivity index (χ0n) is 16.9.